The molecular weight excluding hydrogens is 220 g/mol. The Morgan fingerprint density at radius 2 is 1.72 bits per heavy atom. The van der Waals surface area contributed by atoms with Gasteiger partial charge in [0.1, 0.15) is 0 Å². The lowest BCUT2D eigenvalue weighted by Crippen LogP contribution is -2.07. The number of fused-ring (bicyclic) bond motifs is 1. The van der Waals surface area contributed by atoms with Gasteiger partial charge >= 0.3 is 0 Å². The second kappa shape index (κ2) is 3.68. The third kappa shape index (κ3) is 1.66. The maximum atomic E-state index is 12.5. The normalized spacial score (nSPS) is 20.9. The summed E-state index contributed by atoms with van der Waals surface area (Å²) in [6, 6.07) is 12.3. The molecule has 0 spiro atoms. The fourth-order valence-electron chi connectivity index (χ4n) is 2.77. The predicted molar refractivity (Wildman–Crippen MR) is 74.9 cm³/mol. The van der Waals surface area contributed by atoms with Crippen molar-refractivity contribution in [3.63, 3.8) is 0 Å². The van der Waals surface area contributed by atoms with Crippen LogP contribution < -0.4 is 0 Å². The fraction of sp³-hybridized carbons (Fsp3) is 0.353. The molecule has 0 radical (unpaired) electrons. The minimum atomic E-state index is 0.197. The van der Waals surface area contributed by atoms with Crippen LogP contribution in [0.25, 0.3) is 10.8 Å². The van der Waals surface area contributed by atoms with Gasteiger partial charge in [-0.05, 0) is 35.1 Å². The average molecular weight is 238 g/mol. The van der Waals surface area contributed by atoms with Gasteiger partial charge in [-0.25, -0.2) is 0 Å². The summed E-state index contributed by atoms with van der Waals surface area (Å²) in [5, 5.41) is 2.30. The van der Waals surface area contributed by atoms with Gasteiger partial charge < -0.3 is 0 Å². The van der Waals surface area contributed by atoms with E-state index in [0.29, 0.717) is 5.78 Å². The van der Waals surface area contributed by atoms with Gasteiger partial charge in [0.2, 0.25) is 0 Å². The summed E-state index contributed by atoms with van der Waals surface area (Å²) < 4.78 is 0. The summed E-state index contributed by atoms with van der Waals surface area (Å²) in [7, 11) is 0. The molecule has 1 aliphatic carbocycles. The SMILES string of the molecule is Cc1ccc(C(=O)C2CC2(C)C)c2ccccc12. The first-order chi connectivity index (χ1) is 8.50. The second-order valence-electron chi connectivity index (χ2n) is 6.09. The van der Waals surface area contributed by atoms with Crippen LogP contribution in [0.3, 0.4) is 0 Å². The largest absolute Gasteiger partial charge is 0.294 e. The van der Waals surface area contributed by atoms with Crippen LogP contribution in [0.4, 0.5) is 0 Å². The zero-order valence-electron chi connectivity index (χ0n) is 11.2. The highest BCUT2D eigenvalue weighted by Crippen LogP contribution is 2.53. The molecule has 1 unspecified atom stereocenters. The minimum Gasteiger partial charge on any atom is -0.294 e. The maximum Gasteiger partial charge on any atom is 0.167 e. The molecule has 1 saturated carbocycles. The third-order valence-corrected chi connectivity index (χ3v) is 4.24. The van der Waals surface area contributed by atoms with Gasteiger partial charge in [-0.3, -0.25) is 4.79 Å². The molecule has 1 nitrogen and oxygen atoms in total. The Morgan fingerprint density at radius 3 is 2.33 bits per heavy atom. The first-order valence-electron chi connectivity index (χ1n) is 6.53. The standard InChI is InChI=1S/C17H18O/c1-11-8-9-14(13-7-5-4-6-12(11)13)16(18)15-10-17(15,2)3/h4-9,15H,10H2,1-3H3. The predicted octanol–water partition coefficient (Wildman–Crippen LogP) is 4.38. The Morgan fingerprint density at radius 1 is 1.11 bits per heavy atom. The number of rotatable bonds is 2. The van der Waals surface area contributed by atoms with Gasteiger partial charge in [-0.2, -0.15) is 0 Å². The number of aryl methyl sites for hydroxylation is 1. The molecule has 1 fully saturated rings. The number of carbonyl (C=O) groups excluding carboxylic acids is 1. The van der Waals surface area contributed by atoms with Crippen LogP contribution >= 0.6 is 0 Å². The van der Waals surface area contributed by atoms with Crippen LogP contribution in [-0.4, -0.2) is 5.78 Å². The highest BCUT2D eigenvalue weighted by molar-refractivity contribution is 6.11. The molecule has 1 heteroatoms. The van der Waals surface area contributed by atoms with Crippen molar-refractivity contribution in [2.45, 2.75) is 27.2 Å². The quantitative estimate of drug-likeness (QED) is 0.710. The van der Waals surface area contributed by atoms with Crippen molar-refractivity contribution >= 4 is 16.6 Å². The number of carbonyl (C=O) groups is 1. The monoisotopic (exact) mass is 238 g/mol. The first-order valence-corrected chi connectivity index (χ1v) is 6.53. The van der Waals surface area contributed by atoms with Crippen LogP contribution in [-0.2, 0) is 0 Å². The van der Waals surface area contributed by atoms with Crippen LogP contribution in [0.1, 0.15) is 36.2 Å². The molecule has 3 rings (SSSR count). The van der Waals surface area contributed by atoms with Gasteiger partial charge in [0.05, 0.1) is 0 Å². The van der Waals surface area contributed by atoms with E-state index in [2.05, 4.69) is 39.0 Å². The van der Waals surface area contributed by atoms with E-state index in [-0.39, 0.29) is 11.3 Å². The number of benzene rings is 2. The lowest BCUT2D eigenvalue weighted by molar-refractivity contribution is 0.0955. The molecule has 1 atom stereocenters. The van der Waals surface area contributed by atoms with E-state index in [9.17, 15) is 4.79 Å². The Balaban J connectivity index is 2.13. The lowest BCUT2D eigenvalue weighted by atomic mass is 9.94. The molecule has 0 N–H and O–H groups in total. The molecule has 1 aliphatic rings. The molecule has 0 saturated heterocycles. The zero-order chi connectivity index (χ0) is 12.9. The van der Waals surface area contributed by atoms with E-state index in [1.165, 1.54) is 10.9 Å². The average Bonchev–Trinajstić information content (AvgIpc) is 2.99. The van der Waals surface area contributed by atoms with Crippen LogP contribution in [0.15, 0.2) is 36.4 Å². The summed E-state index contributed by atoms with van der Waals surface area (Å²) in [6.45, 7) is 6.44. The maximum absolute atomic E-state index is 12.5. The number of hydrogen-bond acceptors (Lipinski definition) is 1. The Bertz CT molecular complexity index is 637. The van der Waals surface area contributed by atoms with Crippen LogP contribution in [0.5, 0.6) is 0 Å². The van der Waals surface area contributed by atoms with Crippen molar-refractivity contribution in [2.75, 3.05) is 0 Å². The highest BCUT2D eigenvalue weighted by atomic mass is 16.1. The summed E-state index contributed by atoms with van der Waals surface area (Å²) in [5.74, 6) is 0.528. The molecule has 0 amide bonds. The van der Waals surface area contributed by atoms with E-state index < -0.39 is 0 Å². The Kier molecular flexibility index (Phi) is 2.34. The summed E-state index contributed by atoms with van der Waals surface area (Å²) >= 11 is 0. The molecule has 2 aromatic rings. The molecule has 0 heterocycles. The van der Waals surface area contributed by atoms with Gasteiger partial charge in [-0.15, -0.1) is 0 Å². The topological polar surface area (TPSA) is 17.1 Å². The Hall–Kier alpha value is -1.63. The fourth-order valence-corrected chi connectivity index (χ4v) is 2.77. The third-order valence-electron chi connectivity index (χ3n) is 4.24. The summed E-state index contributed by atoms with van der Waals surface area (Å²) in [6.07, 6.45) is 1.02. The molecule has 18 heavy (non-hydrogen) atoms. The van der Waals surface area contributed by atoms with Gasteiger partial charge in [0.25, 0.3) is 0 Å². The second-order valence-corrected chi connectivity index (χ2v) is 6.09. The van der Waals surface area contributed by atoms with E-state index in [0.717, 1.165) is 17.4 Å². The first kappa shape index (κ1) is 11.5. The van der Waals surface area contributed by atoms with E-state index in [1.54, 1.807) is 0 Å². The number of ketones is 1. The smallest absolute Gasteiger partial charge is 0.167 e. The van der Waals surface area contributed by atoms with E-state index >= 15 is 0 Å². The van der Waals surface area contributed by atoms with Crippen molar-refractivity contribution in [2.24, 2.45) is 11.3 Å². The van der Waals surface area contributed by atoms with Crippen molar-refractivity contribution in [1.82, 2.24) is 0 Å². The van der Waals surface area contributed by atoms with Crippen molar-refractivity contribution < 1.29 is 4.79 Å². The number of hydrogen-bond donors (Lipinski definition) is 0. The Labute approximate surface area is 108 Å². The van der Waals surface area contributed by atoms with E-state index in [1.807, 2.05) is 18.2 Å². The zero-order valence-corrected chi connectivity index (χ0v) is 11.2. The van der Waals surface area contributed by atoms with E-state index in [4.69, 9.17) is 0 Å². The van der Waals surface area contributed by atoms with Gasteiger partial charge in [-0.1, -0.05) is 50.2 Å². The minimum absolute atomic E-state index is 0.197. The summed E-state index contributed by atoms with van der Waals surface area (Å²) in [5.41, 5.74) is 2.33. The molecule has 0 bridgehead atoms. The molecule has 0 aliphatic heterocycles. The van der Waals surface area contributed by atoms with Gasteiger partial charge in [0, 0.05) is 11.5 Å². The lowest BCUT2D eigenvalue weighted by Gasteiger charge is -2.09. The van der Waals surface area contributed by atoms with Crippen molar-refractivity contribution in [1.29, 1.82) is 0 Å². The van der Waals surface area contributed by atoms with Crippen LogP contribution in [0, 0.1) is 18.3 Å². The molecule has 2 aromatic carbocycles. The van der Waals surface area contributed by atoms with Crippen molar-refractivity contribution in [3.05, 3.63) is 47.5 Å². The highest BCUT2D eigenvalue weighted by Gasteiger charge is 2.50. The van der Waals surface area contributed by atoms with Crippen LogP contribution in [0.2, 0.25) is 0 Å². The molecule has 92 valence electrons. The summed E-state index contributed by atoms with van der Waals surface area (Å²) in [4.78, 5) is 12.5. The van der Waals surface area contributed by atoms with Gasteiger partial charge in [0.15, 0.2) is 5.78 Å². The number of Topliss-reactive ketones (excluding diaryl/α,β-unsaturated/α-hetero) is 1. The molecule has 0 aromatic heterocycles. The van der Waals surface area contributed by atoms with Crippen molar-refractivity contribution in [3.8, 4) is 0 Å². The molecular formula is C17H18O.